The molecular formula is C36H30ClFN2O4S2. The number of carbonyl (C=O) groups is 3. The Morgan fingerprint density at radius 1 is 0.891 bits per heavy atom. The van der Waals surface area contributed by atoms with Crippen LogP contribution in [0.15, 0.2) is 90.1 Å². The molecule has 0 aliphatic carbocycles. The Morgan fingerprint density at radius 2 is 1.52 bits per heavy atom. The number of nitrogens with zero attached hydrogens (tertiary/aromatic N) is 2. The van der Waals surface area contributed by atoms with Crippen molar-refractivity contribution >= 4 is 80.2 Å². The van der Waals surface area contributed by atoms with Crippen LogP contribution in [0.4, 0.5) is 4.39 Å². The molecule has 0 bridgehead atoms. The maximum Gasteiger partial charge on any atom is 0.332 e. The van der Waals surface area contributed by atoms with Crippen molar-refractivity contribution in [3.63, 3.8) is 0 Å². The Balaban J connectivity index is 1.39. The van der Waals surface area contributed by atoms with Gasteiger partial charge in [-0.2, -0.15) is 0 Å². The Labute approximate surface area is 279 Å². The zero-order chi connectivity index (χ0) is 32.7. The van der Waals surface area contributed by atoms with Gasteiger partial charge < -0.3 is 9.40 Å². The van der Waals surface area contributed by atoms with E-state index in [1.165, 1.54) is 42.6 Å². The molecule has 3 unspecified atom stereocenters. The van der Waals surface area contributed by atoms with Gasteiger partial charge >= 0.3 is 5.97 Å². The largest absolute Gasteiger partial charge is 0.341 e. The van der Waals surface area contributed by atoms with Gasteiger partial charge in [0.15, 0.2) is 11.6 Å². The third-order valence-corrected chi connectivity index (χ3v) is 11.6. The Morgan fingerprint density at radius 3 is 2.11 bits per heavy atom. The van der Waals surface area contributed by atoms with Gasteiger partial charge in [0.1, 0.15) is 15.1 Å². The summed E-state index contributed by atoms with van der Waals surface area (Å²) < 4.78 is 17.0. The molecule has 1 saturated heterocycles. The molecule has 6 nitrogen and oxygen atoms in total. The number of alkyl halides is 1. The number of thioether (sulfide) groups is 2. The maximum atomic E-state index is 15.5. The van der Waals surface area contributed by atoms with Crippen molar-refractivity contribution in [3.05, 3.63) is 119 Å². The third-order valence-electron chi connectivity index (χ3n) is 7.95. The van der Waals surface area contributed by atoms with Gasteiger partial charge in [0.05, 0.1) is 10.8 Å². The van der Waals surface area contributed by atoms with Gasteiger partial charge in [0.25, 0.3) is 0 Å². The number of benzene rings is 4. The molecule has 0 spiro atoms. The third kappa shape index (κ3) is 6.11. The van der Waals surface area contributed by atoms with Crippen molar-refractivity contribution in [2.24, 2.45) is 5.16 Å². The van der Waals surface area contributed by atoms with Crippen LogP contribution in [0.5, 0.6) is 0 Å². The molecule has 6 rings (SSSR count). The molecule has 10 heteroatoms. The number of oxime groups is 1. The number of rotatable bonds is 8. The molecule has 0 amide bonds. The van der Waals surface area contributed by atoms with Crippen molar-refractivity contribution in [1.29, 1.82) is 0 Å². The normalized spacial score (nSPS) is 19.9. The van der Waals surface area contributed by atoms with E-state index in [2.05, 4.69) is 9.72 Å². The van der Waals surface area contributed by atoms with Gasteiger partial charge in [-0.25, -0.2) is 9.18 Å². The lowest BCUT2D eigenvalue weighted by Gasteiger charge is -2.13. The number of aryl methyl sites for hydroxylation is 1. The monoisotopic (exact) mass is 672 g/mol. The molecule has 1 aromatic heterocycles. The summed E-state index contributed by atoms with van der Waals surface area (Å²) in [6.07, 6.45) is 0. The number of hydrogen-bond acceptors (Lipinski definition) is 7. The Kier molecular flexibility index (Phi) is 8.85. The number of hydrogen-bond donors (Lipinski definition) is 0. The first-order valence-electron chi connectivity index (χ1n) is 14.8. The van der Waals surface area contributed by atoms with Crippen LogP contribution >= 0.6 is 35.1 Å². The standard InChI is InChI=1S/C36H30ClFN2O4S2/c1-5-40-30-15-12-23(32(39-44-21(3)41)22-9-7-6-8-10-22)17-27(30)28-18-24(13-16-31(28)40)33(42)26-14-11-25(19-29(26)38)34(43)35-20(2)45-36(4,37)46-35/h6-20,35H,5H2,1-4H3/b39-32+. The van der Waals surface area contributed by atoms with E-state index >= 15 is 4.39 Å². The minimum absolute atomic E-state index is 0.0291. The van der Waals surface area contributed by atoms with Crippen LogP contribution in [0.3, 0.4) is 0 Å². The molecule has 1 fully saturated rings. The van der Waals surface area contributed by atoms with Crippen molar-refractivity contribution < 1.29 is 23.6 Å². The van der Waals surface area contributed by atoms with Crippen LogP contribution in [-0.2, 0) is 16.2 Å². The Hall–Kier alpha value is -3.92. The average molecular weight is 673 g/mol. The highest BCUT2D eigenvalue weighted by atomic mass is 35.5. The SMILES string of the molecule is CCn1c2ccc(C(=O)c3ccc(C(=O)C4SC(C)(Cl)SC4C)cc3F)cc2c2cc(/C(=N/OC(C)=O)c3ccccc3)ccc21. The van der Waals surface area contributed by atoms with Crippen LogP contribution < -0.4 is 0 Å². The number of carbonyl (C=O) groups excluding carboxylic acids is 3. The van der Waals surface area contributed by atoms with Gasteiger partial charge in [-0.3, -0.25) is 9.59 Å². The summed E-state index contributed by atoms with van der Waals surface area (Å²) in [6, 6.07) is 24.7. The molecule has 4 aromatic carbocycles. The average Bonchev–Trinajstić information content (AvgIpc) is 3.51. The van der Waals surface area contributed by atoms with Gasteiger partial charge in [-0.15, -0.1) is 23.5 Å². The van der Waals surface area contributed by atoms with E-state index in [0.717, 1.165) is 39.0 Å². The maximum absolute atomic E-state index is 15.5. The van der Waals surface area contributed by atoms with E-state index in [1.807, 2.05) is 75.4 Å². The van der Waals surface area contributed by atoms with E-state index in [0.29, 0.717) is 17.8 Å². The topological polar surface area (TPSA) is 77.7 Å². The summed E-state index contributed by atoms with van der Waals surface area (Å²) in [5.74, 6) is -1.97. The van der Waals surface area contributed by atoms with Crippen molar-refractivity contribution in [2.75, 3.05) is 0 Å². The van der Waals surface area contributed by atoms with E-state index < -0.39 is 26.4 Å². The van der Waals surface area contributed by atoms with Crippen molar-refractivity contribution in [1.82, 2.24) is 4.57 Å². The van der Waals surface area contributed by atoms with Crippen LogP contribution in [0.1, 0.15) is 65.1 Å². The summed E-state index contributed by atoms with van der Waals surface area (Å²) in [7, 11) is 0. The van der Waals surface area contributed by atoms with E-state index in [-0.39, 0.29) is 22.2 Å². The first kappa shape index (κ1) is 32.0. The minimum Gasteiger partial charge on any atom is -0.341 e. The summed E-state index contributed by atoms with van der Waals surface area (Å²) in [4.78, 5) is 43.6. The lowest BCUT2D eigenvalue weighted by molar-refractivity contribution is -0.140. The molecule has 3 atom stereocenters. The van der Waals surface area contributed by atoms with Crippen LogP contribution in [0, 0.1) is 5.82 Å². The van der Waals surface area contributed by atoms with Crippen LogP contribution in [-0.4, -0.2) is 41.9 Å². The number of halogens is 2. The molecule has 46 heavy (non-hydrogen) atoms. The fourth-order valence-corrected chi connectivity index (χ4v) is 9.73. The summed E-state index contributed by atoms with van der Waals surface area (Å²) in [5, 5.41) is 5.40. The lowest BCUT2D eigenvalue weighted by Crippen LogP contribution is -2.23. The second kappa shape index (κ2) is 12.7. The van der Waals surface area contributed by atoms with Gasteiger partial charge in [-0.05, 0) is 56.3 Å². The first-order valence-corrected chi connectivity index (χ1v) is 16.9. The molecule has 2 heterocycles. The van der Waals surface area contributed by atoms with Crippen LogP contribution in [0.25, 0.3) is 21.8 Å². The van der Waals surface area contributed by atoms with E-state index in [1.54, 1.807) is 12.1 Å². The predicted octanol–water partition coefficient (Wildman–Crippen LogP) is 8.83. The summed E-state index contributed by atoms with van der Waals surface area (Å²) in [6.45, 7) is 7.80. The minimum atomic E-state index is -0.750. The zero-order valence-corrected chi connectivity index (χ0v) is 27.9. The second-order valence-corrected chi connectivity index (χ2v) is 16.0. The summed E-state index contributed by atoms with van der Waals surface area (Å²) in [5.41, 5.74) is 4.26. The number of ketones is 2. The van der Waals surface area contributed by atoms with Crippen LogP contribution in [0.2, 0.25) is 0 Å². The predicted molar refractivity (Wildman–Crippen MR) is 186 cm³/mol. The fourth-order valence-electron chi connectivity index (χ4n) is 5.89. The van der Waals surface area contributed by atoms with E-state index in [9.17, 15) is 14.4 Å². The number of fused-ring (bicyclic) bond motifs is 3. The highest BCUT2D eigenvalue weighted by Crippen LogP contribution is 2.55. The summed E-state index contributed by atoms with van der Waals surface area (Å²) >= 11 is 9.32. The molecule has 1 aliphatic rings. The Bertz CT molecular complexity index is 2060. The van der Waals surface area contributed by atoms with Gasteiger partial charge in [0.2, 0.25) is 0 Å². The highest BCUT2D eigenvalue weighted by molar-refractivity contribution is 8.24. The molecule has 1 aliphatic heterocycles. The van der Waals surface area contributed by atoms with Crippen molar-refractivity contribution in [3.8, 4) is 0 Å². The van der Waals surface area contributed by atoms with Gasteiger partial charge in [-0.1, -0.05) is 66.1 Å². The molecule has 0 saturated carbocycles. The molecular weight excluding hydrogens is 643 g/mol. The molecule has 234 valence electrons. The van der Waals surface area contributed by atoms with Gasteiger partial charge in [0, 0.05) is 62.8 Å². The number of aromatic nitrogens is 1. The van der Waals surface area contributed by atoms with E-state index in [4.69, 9.17) is 16.4 Å². The highest BCUT2D eigenvalue weighted by Gasteiger charge is 2.44. The molecule has 5 aromatic rings. The zero-order valence-electron chi connectivity index (χ0n) is 25.5. The lowest BCUT2D eigenvalue weighted by atomic mass is 9.97. The molecule has 0 N–H and O–H groups in total. The molecule has 0 radical (unpaired) electrons. The fraction of sp³-hybridized carbons (Fsp3) is 0.222. The second-order valence-electron chi connectivity index (χ2n) is 11.2. The number of Topliss-reactive ketones (excluding diaryl/α,β-unsaturated/α-hetero) is 1. The first-order chi connectivity index (χ1) is 22.0. The van der Waals surface area contributed by atoms with Crippen molar-refractivity contribution in [2.45, 2.75) is 48.3 Å². The smallest absolute Gasteiger partial charge is 0.332 e. The quantitative estimate of drug-likeness (QED) is 0.0539.